The highest BCUT2D eigenvalue weighted by atomic mass is 32.2. The number of carbonyl (C=O) groups is 1. The Hall–Kier alpha value is -0.970. The molecule has 64 valence electrons. The highest BCUT2D eigenvalue weighted by Gasteiger charge is 2.39. The molecule has 2 rings (SSSR count). The zero-order chi connectivity index (χ0) is 8.77. The van der Waals surface area contributed by atoms with E-state index in [4.69, 9.17) is 5.73 Å². The van der Waals surface area contributed by atoms with Crippen LogP contribution in [0.15, 0.2) is 17.6 Å². The molecule has 0 bridgehead atoms. The van der Waals surface area contributed by atoms with Crippen molar-refractivity contribution in [2.45, 2.75) is 17.5 Å². The number of nitrogens with zero attached hydrogens (tertiary/aromatic N) is 2. The zero-order valence-electron chi connectivity index (χ0n) is 6.65. The van der Waals surface area contributed by atoms with Crippen LogP contribution in [0.3, 0.4) is 0 Å². The van der Waals surface area contributed by atoms with Gasteiger partial charge in [0.05, 0.1) is 17.6 Å². The van der Waals surface area contributed by atoms with Gasteiger partial charge in [-0.1, -0.05) is 0 Å². The predicted molar refractivity (Wildman–Crippen MR) is 45.8 cm³/mol. The Morgan fingerprint density at radius 2 is 2.67 bits per heavy atom. The molecule has 1 atom stereocenters. The van der Waals surface area contributed by atoms with Crippen molar-refractivity contribution < 1.29 is 4.79 Å². The van der Waals surface area contributed by atoms with Gasteiger partial charge in [-0.15, -0.1) is 11.8 Å². The fraction of sp³-hybridized carbons (Fsp3) is 0.429. The lowest BCUT2D eigenvalue weighted by Crippen LogP contribution is -2.43. The first-order valence-electron chi connectivity index (χ1n) is 3.60. The standard InChI is InChI=1S/C7H9N3OS/c1-7(6(8)11)3-12-5-2-9-4-10(5)7/h2,4H,3H2,1H3,(H2,8,11). The van der Waals surface area contributed by atoms with Crippen molar-refractivity contribution in [1.29, 1.82) is 0 Å². The van der Waals surface area contributed by atoms with Crippen LogP contribution in [0.1, 0.15) is 6.92 Å². The SMILES string of the molecule is CC1(C(N)=O)CSc2cncn21. The minimum absolute atomic E-state index is 0.299. The van der Waals surface area contributed by atoms with Crippen molar-refractivity contribution in [2.24, 2.45) is 5.73 Å². The molecule has 1 unspecified atom stereocenters. The maximum Gasteiger partial charge on any atom is 0.244 e. The number of carbonyl (C=O) groups excluding carboxylic acids is 1. The van der Waals surface area contributed by atoms with Crippen molar-refractivity contribution >= 4 is 17.7 Å². The number of hydrogen-bond donors (Lipinski definition) is 1. The number of fused-ring (bicyclic) bond motifs is 1. The molecule has 0 saturated heterocycles. The Kier molecular flexibility index (Phi) is 1.44. The van der Waals surface area contributed by atoms with Gasteiger partial charge in [-0.2, -0.15) is 0 Å². The van der Waals surface area contributed by atoms with E-state index in [1.54, 1.807) is 24.3 Å². The van der Waals surface area contributed by atoms with E-state index in [0.717, 1.165) is 5.03 Å². The molecule has 5 heteroatoms. The average Bonchev–Trinajstić information content (AvgIpc) is 2.54. The number of aromatic nitrogens is 2. The van der Waals surface area contributed by atoms with Gasteiger partial charge in [-0.3, -0.25) is 4.79 Å². The van der Waals surface area contributed by atoms with Gasteiger partial charge in [0.2, 0.25) is 5.91 Å². The van der Waals surface area contributed by atoms with Gasteiger partial charge in [-0.25, -0.2) is 4.98 Å². The van der Waals surface area contributed by atoms with Crippen molar-refractivity contribution in [2.75, 3.05) is 5.75 Å². The van der Waals surface area contributed by atoms with Gasteiger partial charge in [0.15, 0.2) is 0 Å². The topological polar surface area (TPSA) is 60.9 Å². The minimum Gasteiger partial charge on any atom is -0.368 e. The first kappa shape index (κ1) is 7.67. The van der Waals surface area contributed by atoms with Crippen molar-refractivity contribution in [3.63, 3.8) is 0 Å². The van der Waals surface area contributed by atoms with Crippen LogP contribution in [0.4, 0.5) is 0 Å². The lowest BCUT2D eigenvalue weighted by molar-refractivity contribution is -0.124. The molecule has 0 spiro atoms. The summed E-state index contributed by atoms with van der Waals surface area (Å²) < 4.78 is 1.83. The van der Waals surface area contributed by atoms with Gasteiger partial charge < -0.3 is 10.3 Å². The third-order valence-electron chi connectivity index (χ3n) is 2.17. The Morgan fingerprint density at radius 3 is 3.33 bits per heavy atom. The molecular weight excluding hydrogens is 174 g/mol. The van der Waals surface area contributed by atoms with E-state index in [0.29, 0.717) is 5.75 Å². The average molecular weight is 183 g/mol. The predicted octanol–water partition coefficient (Wildman–Crippen LogP) is 0.189. The van der Waals surface area contributed by atoms with E-state index >= 15 is 0 Å². The summed E-state index contributed by atoms with van der Waals surface area (Å²) in [5.74, 6) is 0.409. The number of hydrogen-bond acceptors (Lipinski definition) is 3. The lowest BCUT2D eigenvalue weighted by atomic mass is 10.1. The van der Waals surface area contributed by atoms with Crippen LogP contribution >= 0.6 is 11.8 Å². The van der Waals surface area contributed by atoms with Crippen LogP contribution in [-0.2, 0) is 10.3 Å². The van der Waals surface area contributed by atoms with Crippen LogP contribution in [0, 0.1) is 0 Å². The molecule has 1 aromatic heterocycles. The second kappa shape index (κ2) is 2.26. The molecule has 0 fully saturated rings. The van der Waals surface area contributed by atoms with Gasteiger partial charge in [-0.05, 0) is 6.92 Å². The molecular formula is C7H9N3OS. The third kappa shape index (κ3) is 0.797. The fourth-order valence-corrected chi connectivity index (χ4v) is 2.47. The highest BCUT2D eigenvalue weighted by molar-refractivity contribution is 7.99. The molecule has 0 aromatic carbocycles. The highest BCUT2D eigenvalue weighted by Crippen LogP contribution is 2.36. The van der Waals surface area contributed by atoms with E-state index in [9.17, 15) is 4.79 Å². The molecule has 0 radical (unpaired) electrons. The number of rotatable bonds is 1. The summed E-state index contributed by atoms with van der Waals surface area (Å²) in [5.41, 5.74) is 4.72. The zero-order valence-corrected chi connectivity index (χ0v) is 7.47. The number of imidazole rings is 1. The van der Waals surface area contributed by atoms with Gasteiger partial charge in [0.1, 0.15) is 5.54 Å². The van der Waals surface area contributed by atoms with Gasteiger partial charge in [0, 0.05) is 5.75 Å². The third-order valence-corrected chi connectivity index (χ3v) is 3.47. The van der Waals surface area contributed by atoms with Crippen molar-refractivity contribution in [1.82, 2.24) is 9.55 Å². The number of nitrogens with two attached hydrogens (primary N) is 1. The van der Waals surface area contributed by atoms with Crippen LogP contribution in [0.5, 0.6) is 0 Å². The Labute approximate surface area is 74.1 Å². The van der Waals surface area contributed by atoms with Crippen LogP contribution < -0.4 is 5.73 Å². The van der Waals surface area contributed by atoms with Crippen LogP contribution in [0.25, 0.3) is 0 Å². The summed E-state index contributed by atoms with van der Waals surface area (Å²) in [5, 5.41) is 1.01. The lowest BCUT2D eigenvalue weighted by Gasteiger charge is -2.20. The maximum absolute atomic E-state index is 11.1. The van der Waals surface area contributed by atoms with Crippen molar-refractivity contribution in [3.05, 3.63) is 12.5 Å². The Morgan fingerprint density at radius 1 is 1.92 bits per heavy atom. The maximum atomic E-state index is 11.1. The van der Waals surface area contributed by atoms with Crippen LogP contribution in [-0.4, -0.2) is 21.2 Å². The summed E-state index contributed by atoms with van der Waals surface area (Å²) in [6.45, 7) is 1.83. The summed E-state index contributed by atoms with van der Waals surface area (Å²) in [6.07, 6.45) is 3.40. The molecule has 1 aliphatic heterocycles. The quantitative estimate of drug-likeness (QED) is 0.676. The first-order chi connectivity index (χ1) is 5.64. The van der Waals surface area contributed by atoms with E-state index in [-0.39, 0.29) is 5.91 Å². The molecule has 12 heavy (non-hydrogen) atoms. The Balaban J connectivity index is 2.51. The Bertz CT molecular complexity index is 335. The summed E-state index contributed by atoms with van der Waals surface area (Å²) in [7, 11) is 0. The summed E-state index contributed by atoms with van der Waals surface area (Å²) in [6, 6.07) is 0. The minimum atomic E-state index is -0.587. The number of amides is 1. The molecule has 0 saturated carbocycles. The summed E-state index contributed by atoms with van der Waals surface area (Å²) in [4.78, 5) is 15.1. The van der Waals surface area contributed by atoms with E-state index in [1.165, 1.54) is 0 Å². The van der Waals surface area contributed by atoms with Gasteiger partial charge in [0.25, 0.3) is 0 Å². The smallest absolute Gasteiger partial charge is 0.244 e. The number of thioether (sulfide) groups is 1. The van der Waals surface area contributed by atoms with E-state index < -0.39 is 5.54 Å². The molecule has 0 aliphatic carbocycles. The monoisotopic (exact) mass is 183 g/mol. The molecule has 1 amide bonds. The molecule has 2 heterocycles. The largest absolute Gasteiger partial charge is 0.368 e. The van der Waals surface area contributed by atoms with Crippen LogP contribution in [0.2, 0.25) is 0 Å². The second-order valence-electron chi connectivity index (χ2n) is 3.03. The van der Waals surface area contributed by atoms with E-state index in [1.807, 2.05) is 11.5 Å². The molecule has 1 aromatic rings. The van der Waals surface area contributed by atoms with Crippen molar-refractivity contribution in [3.8, 4) is 0 Å². The summed E-state index contributed by atoms with van der Waals surface area (Å²) >= 11 is 1.61. The fourth-order valence-electron chi connectivity index (χ4n) is 1.23. The van der Waals surface area contributed by atoms with E-state index in [2.05, 4.69) is 4.98 Å². The molecule has 2 N–H and O–H groups in total. The molecule has 1 aliphatic rings. The number of primary amides is 1. The normalized spacial score (nSPS) is 27.1. The first-order valence-corrected chi connectivity index (χ1v) is 4.59. The van der Waals surface area contributed by atoms with Gasteiger partial charge >= 0.3 is 0 Å². The molecule has 4 nitrogen and oxygen atoms in total. The second-order valence-corrected chi connectivity index (χ2v) is 4.02.